The number of phenolic OH excluding ortho intramolecular Hbond substituents is 1. The molecule has 0 bridgehead atoms. The van der Waals surface area contributed by atoms with Crippen LogP contribution in [0.25, 0.3) is 22.0 Å². The molecule has 2 fully saturated rings. The molecule has 2 aliphatic heterocycles. The average Bonchev–Trinajstić information content (AvgIpc) is 3.31. The molecule has 68 heavy (non-hydrogen) atoms. The number of hydrogen-bond acceptors (Lipinski definition) is 10. The van der Waals surface area contributed by atoms with Crippen molar-refractivity contribution in [2.24, 2.45) is 5.92 Å². The third kappa shape index (κ3) is 13.2. The van der Waals surface area contributed by atoms with E-state index in [-0.39, 0.29) is 59.0 Å². The van der Waals surface area contributed by atoms with E-state index in [1.54, 1.807) is 18.2 Å². The number of aromatic nitrogens is 1. The number of hydrogen-bond donors (Lipinski definition) is 4. The number of fused-ring (bicyclic) bond motifs is 1. The number of nitrogens with zero attached hydrogens (tertiary/aromatic N) is 2. The summed E-state index contributed by atoms with van der Waals surface area (Å²) in [6.45, 7) is 15.0. The maximum absolute atomic E-state index is 15.3. The van der Waals surface area contributed by atoms with Gasteiger partial charge in [0, 0.05) is 63.7 Å². The summed E-state index contributed by atoms with van der Waals surface area (Å²) >= 11 is 0. The van der Waals surface area contributed by atoms with Crippen molar-refractivity contribution in [3.05, 3.63) is 130 Å². The number of aromatic amines is 1. The molecule has 0 saturated carbocycles. The SMILES string of the molecule is CC(C)(C)[Si](C)(C)O[C@@H](CNCc1ccc(NC(=O)OCC2CCN(C(=O)CCN3CCC(OC(=O)Cc4ccccc4-c4ccccc4)CC3)CC2)c(F)c1)c1ccc(O)c2[nH]c(=O)ccc12. The van der Waals surface area contributed by atoms with Gasteiger partial charge in [-0.15, -0.1) is 0 Å². The van der Waals surface area contributed by atoms with Gasteiger partial charge in [-0.2, -0.15) is 0 Å². The number of carbonyl (C=O) groups excluding carboxylic acids is 3. The van der Waals surface area contributed by atoms with Crippen molar-refractivity contribution >= 4 is 42.9 Å². The lowest BCUT2D eigenvalue weighted by Crippen LogP contribution is -2.43. The first-order chi connectivity index (χ1) is 32.5. The minimum Gasteiger partial charge on any atom is -0.506 e. The van der Waals surface area contributed by atoms with Gasteiger partial charge in [0.1, 0.15) is 17.7 Å². The van der Waals surface area contributed by atoms with Crippen LogP contribution in [0.2, 0.25) is 18.1 Å². The van der Waals surface area contributed by atoms with Crippen LogP contribution >= 0.6 is 0 Å². The number of nitrogens with one attached hydrogen (secondary N) is 3. The standard InChI is InChI=1S/C53H66FN5O8Si/c1-53(2,3)68(4,5)67-47(42-16-19-46(60)51-43(42)17-20-48(61)57-51)34-55-33-37-15-18-45(44(54)31-37)56-52(64)65-35-36-21-29-59(30-22-36)49(62)25-28-58-26-23-40(24-27-58)66-50(63)32-39-13-9-10-14-41(39)38-11-7-6-8-12-38/h6-20,31,36,40,47,55,60H,21-30,32-35H2,1-5H3,(H,56,64)(H,57,61)/t47-/m0/s1. The molecule has 15 heteroatoms. The zero-order chi connectivity index (χ0) is 48.4. The lowest BCUT2D eigenvalue weighted by molar-refractivity contribution is -0.150. The van der Waals surface area contributed by atoms with E-state index in [0.717, 1.165) is 48.2 Å². The quantitative estimate of drug-likeness (QED) is 0.0522. The zero-order valence-electron chi connectivity index (χ0n) is 39.9. The number of likely N-dealkylation sites (tertiary alicyclic amines) is 2. The molecule has 4 aromatic carbocycles. The topological polar surface area (TPSA) is 163 Å². The molecule has 0 unspecified atom stereocenters. The Bertz CT molecular complexity index is 2590. The van der Waals surface area contributed by atoms with Crippen LogP contribution in [-0.4, -0.2) is 98.2 Å². The summed E-state index contributed by atoms with van der Waals surface area (Å²) in [4.78, 5) is 57.8. The number of aromatic hydroxyl groups is 1. The summed E-state index contributed by atoms with van der Waals surface area (Å²) in [6.07, 6.45) is 2.20. The Balaban J connectivity index is 0.796. The number of benzene rings is 4. The number of anilines is 1. The number of pyridine rings is 1. The minimum absolute atomic E-state index is 0.00814. The Labute approximate surface area is 399 Å². The molecule has 5 aromatic rings. The van der Waals surface area contributed by atoms with E-state index in [4.69, 9.17) is 13.9 Å². The lowest BCUT2D eigenvalue weighted by Gasteiger charge is -2.39. The highest BCUT2D eigenvalue weighted by Gasteiger charge is 2.40. The van der Waals surface area contributed by atoms with Crippen LogP contribution in [0, 0.1) is 11.7 Å². The van der Waals surface area contributed by atoms with E-state index in [0.29, 0.717) is 68.5 Å². The van der Waals surface area contributed by atoms with E-state index in [1.807, 2.05) is 65.6 Å². The number of amides is 2. The Kier molecular flexibility index (Phi) is 16.5. The van der Waals surface area contributed by atoms with Gasteiger partial charge in [0.15, 0.2) is 8.32 Å². The van der Waals surface area contributed by atoms with Crippen molar-refractivity contribution < 1.29 is 37.8 Å². The zero-order valence-corrected chi connectivity index (χ0v) is 40.9. The fourth-order valence-electron chi connectivity index (χ4n) is 8.71. The van der Waals surface area contributed by atoms with Crippen molar-refractivity contribution in [1.82, 2.24) is 20.1 Å². The first-order valence-corrected chi connectivity index (χ1v) is 26.7. The van der Waals surface area contributed by atoms with Gasteiger partial charge >= 0.3 is 12.1 Å². The lowest BCUT2D eigenvalue weighted by atomic mass is 9.97. The number of ether oxygens (including phenoxy) is 2. The summed E-state index contributed by atoms with van der Waals surface area (Å²) < 4.78 is 33.6. The van der Waals surface area contributed by atoms with Gasteiger partial charge in [0.05, 0.1) is 30.3 Å². The van der Waals surface area contributed by atoms with Crippen LogP contribution < -0.4 is 16.2 Å². The molecule has 13 nitrogen and oxygen atoms in total. The highest BCUT2D eigenvalue weighted by atomic mass is 28.4. The predicted molar refractivity (Wildman–Crippen MR) is 265 cm³/mol. The van der Waals surface area contributed by atoms with Crippen molar-refractivity contribution in [2.75, 3.05) is 51.2 Å². The minimum atomic E-state index is -2.29. The van der Waals surface area contributed by atoms with Gasteiger partial charge in [-0.05, 0) is 102 Å². The number of H-pyrrole nitrogens is 1. The molecule has 1 aromatic heterocycles. The third-order valence-corrected chi connectivity index (χ3v) is 18.2. The molecule has 362 valence electrons. The van der Waals surface area contributed by atoms with Gasteiger partial charge in [-0.1, -0.05) is 87.5 Å². The Morgan fingerprint density at radius 2 is 1.62 bits per heavy atom. The Morgan fingerprint density at radius 3 is 2.34 bits per heavy atom. The van der Waals surface area contributed by atoms with Crippen LogP contribution in [-0.2, 0) is 36.5 Å². The van der Waals surface area contributed by atoms with Crippen molar-refractivity contribution in [2.45, 2.75) is 96.2 Å². The highest BCUT2D eigenvalue weighted by molar-refractivity contribution is 6.74. The van der Waals surface area contributed by atoms with E-state index < -0.39 is 26.3 Å². The second-order valence-corrected chi connectivity index (χ2v) is 24.4. The second kappa shape index (κ2) is 22.5. The van der Waals surface area contributed by atoms with Crippen molar-refractivity contribution in [3.63, 3.8) is 0 Å². The second-order valence-electron chi connectivity index (χ2n) is 19.6. The smallest absolute Gasteiger partial charge is 0.411 e. The highest BCUT2D eigenvalue weighted by Crippen LogP contribution is 2.41. The van der Waals surface area contributed by atoms with Crippen molar-refractivity contribution in [1.29, 1.82) is 0 Å². The average molecular weight is 948 g/mol. The molecule has 7 rings (SSSR count). The van der Waals surface area contributed by atoms with Gasteiger partial charge < -0.3 is 39.1 Å². The number of phenols is 1. The van der Waals surface area contributed by atoms with Crippen LogP contribution in [0.3, 0.4) is 0 Å². The van der Waals surface area contributed by atoms with Gasteiger partial charge in [0.2, 0.25) is 11.5 Å². The number of halogens is 1. The molecule has 0 aliphatic carbocycles. The number of carbonyl (C=O) groups is 3. The molecule has 3 heterocycles. The van der Waals surface area contributed by atoms with E-state index in [9.17, 15) is 24.3 Å². The third-order valence-electron chi connectivity index (χ3n) is 13.8. The number of rotatable bonds is 17. The summed E-state index contributed by atoms with van der Waals surface area (Å²) in [5.74, 6) is -0.659. The molecule has 0 radical (unpaired) electrons. The number of piperidine rings is 2. The van der Waals surface area contributed by atoms with Crippen LogP contribution in [0.5, 0.6) is 5.75 Å². The van der Waals surface area contributed by atoms with Crippen molar-refractivity contribution in [3.8, 4) is 16.9 Å². The molecule has 0 spiro atoms. The maximum atomic E-state index is 15.3. The van der Waals surface area contributed by atoms with E-state index in [1.165, 1.54) is 18.2 Å². The normalized spacial score (nSPS) is 15.8. The fourth-order valence-corrected chi connectivity index (χ4v) is 9.99. The summed E-state index contributed by atoms with van der Waals surface area (Å²) in [6, 6.07) is 29.1. The van der Waals surface area contributed by atoms with Gasteiger partial charge in [-0.25, -0.2) is 9.18 Å². The summed E-state index contributed by atoms with van der Waals surface area (Å²) in [5.41, 5.74) is 4.56. The van der Waals surface area contributed by atoms with Gasteiger partial charge in [-0.3, -0.25) is 19.7 Å². The summed E-state index contributed by atoms with van der Waals surface area (Å²) in [5, 5.41) is 17.0. The Hall–Kier alpha value is -5.87. The van der Waals surface area contributed by atoms with E-state index >= 15 is 4.39 Å². The first kappa shape index (κ1) is 50.0. The van der Waals surface area contributed by atoms with Crippen LogP contribution in [0.1, 0.15) is 75.7 Å². The van der Waals surface area contributed by atoms with Crippen LogP contribution in [0.4, 0.5) is 14.9 Å². The Morgan fingerprint density at radius 1 is 0.897 bits per heavy atom. The molecular weight excluding hydrogens is 882 g/mol. The monoisotopic (exact) mass is 947 g/mol. The summed E-state index contributed by atoms with van der Waals surface area (Å²) in [7, 11) is -2.29. The number of esters is 1. The predicted octanol–water partition coefficient (Wildman–Crippen LogP) is 9.32. The maximum Gasteiger partial charge on any atom is 0.411 e. The van der Waals surface area contributed by atoms with Crippen LogP contribution in [0.15, 0.2) is 102 Å². The van der Waals surface area contributed by atoms with Gasteiger partial charge in [0.25, 0.3) is 0 Å². The molecule has 4 N–H and O–H groups in total. The molecule has 1 atom stereocenters. The first-order valence-electron chi connectivity index (χ1n) is 23.8. The molecular formula is C53H66FN5O8Si. The molecule has 2 saturated heterocycles. The molecule has 2 amide bonds. The fraction of sp³-hybridized carbons (Fsp3) is 0.434. The van der Waals surface area contributed by atoms with E-state index in [2.05, 4.69) is 54.4 Å². The largest absolute Gasteiger partial charge is 0.506 e. The molecule has 2 aliphatic rings.